The van der Waals surface area contributed by atoms with E-state index >= 15 is 0 Å². The van der Waals surface area contributed by atoms with Gasteiger partial charge in [0, 0.05) is 6.04 Å². The molecular formula is C13H20N2O. The number of nitrogens with two attached hydrogens (primary N) is 1. The molecule has 88 valence electrons. The minimum atomic E-state index is 0.160. The molecule has 0 aromatic heterocycles. The van der Waals surface area contributed by atoms with Gasteiger partial charge in [0.25, 0.3) is 0 Å². The first kappa shape index (κ1) is 11.4. The van der Waals surface area contributed by atoms with E-state index in [2.05, 4.69) is 17.4 Å². The molecule has 1 atom stereocenters. The lowest BCUT2D eigenvalue weighted by Gasteiger charge is -2.28. The van der Waals surface area contributed by atoms with Gasteiger partial charge in [-0.15, -0.1) is 0 Å². The molecular weight excluding hydrogens is 200 g/mol. The van der Waals surface area contributed by atoms with E-state index in [1.54, 1.807) is 7.11 Å². The van der Waals surface area contributed by atoms with Crippen molar-refractivity contribution in [2.75, 3.05) is 20.2 Å². The predicted octanol–water partition coefficient (Wildman–Crippen LogP) is 1.69. The number of rotatable bonds is 3. The van der Waals surface area contributed by atoms with Crippen LogP contribution < -0.4 is 15.8 Å². The van der Waals surface area contributed by atoms with Crippen molar-refractivity contribution >= 4 is 0 Å². The number of ether oxygens (including phenoxy) is 1. The Balaban J connectivity index is 2.04. The lowest BCUT2D eigenvalue weighted by molar-refractivity contribution is 0.322. The molecule has 0 spiro atoms. The van der Waals surface area contributed by atoms with Crippen LogP contribution in [0.5, 0.6) is 5.75 Å². The number of piperidine rings is 1. The van der Waals surface area contributed by atoms with E-state index in [1.807, 2.05) is 12.1 Å². The molecule has 1 heterocycles. The summed E-state index contributed by atoms with van der Waals surface area (Å²) in [6.07, 6.45) is 2.35. The van der Waals surface area contributed by atoms with Crippen molar-refractivity contribution in [3.63, 3.8) is 0 Å². The average Bonchev–Trinajstić information content (AvgIpc) is 2.39. The number of hydrogen-bond acceptors (Lipinski definition) is 3. The second-order valence-corrected chi connectivity index (χ2v) is 4.39. The first-order valence-electron chi connectivity index (χ1n) is 5.91. The minimum Gasteiger partial charge on any atom is -0.497 e. The fourth-order valence-electron chi connectivity index (χ4n) is 2.30. The summed E-state index contributed by atoms with van der Waals surface area (Å²) in [6, 6.07) is 8.27. The third-order valence-corrected chi connectivity index (χ3v) is 3.39. The Hall–Kier alpha value is -1.06. The van der Waals surface area contributed by atoms with Gasteiger partial charge in [-0.1, -0.05) is 12.1 Å². The van der Waals surface area contributed by atoms with Gasteiger partial charge in [0.2, 0.25) is 0 Å². The maximum atomic E-state index is 6.29. The molecule has 1 unspecified atom stereocenters. The minimum absolute atomic E-state index is 0.160. The van der Waals surface area contributed by atoms with Gasteiger partial charge < -0.3 is 15.8 Å². The standard InChI is InChI=1S/C13H20N2O/c1-16-12-4-2-10(3-5-12)13(14)11-6-8-15-9-7-11/h2-5,11,13,15H,6-9,14H2,1H3. The van der Waals surface area contributed by atoms with E-state index < -0.39 is 0 Å². The fourth-order valence-corrected chi connectivity index (χ4v) is 2.30. The Morgan fingerprint density at radius 3 is 2.44 bits per heavy atom. The molecule has 2 rings (SSSR count). The zero-order valence-electron chi connectivity index (χ0n) is 9.78. The maximum Gasteiger partial charge on any atom is 0.118 e. The lowest BCUT2D eigenvalue weighted by Crippen LogP contribution is -2.33. The Labute approximate surface area is 97.0 Å². The van der Waals surface area contributed by atoms with Crippen molar-refractivity contribution in [2.45, 2.75) is 18.9 Å². The van der Waals surface area contributed by atoms with Crippen LogP contribution in [0.1, 0.15) is 24.4 Å². The van der Waals surface area contributed by atoms with Crippen LogP contribution in [-0.2, 0) is 0 Å². The molecule has 0 amide bonds. The predicted molar refractivity (Wildman–Crippen MR) is 65.5 cm³/mol. The van der Waals surface area contributed by atoms with Crippen molar-refractivity contribution in [2.24, 2.45) is 11.7 Å². The molecule has 3 N–H and O–H groups in total. The van der Waals surface area contributed by atoms with E-state index in [0.717, 1.165) is 18.8 Å². The molecule has 0 bridgehead atoms. The van der Waals surface area contributed by atoms with Gasteiger partial charge >= 0.3 is 0 Å². The van der Waals surface area contributed by atoms with Crippen LogP contribution >= 0.6 is 0 Å². The molecule has 0 aliphatic carbocycles. The maximum absolute atomic E-state index is 6.29. The Morgan fingerprint density at radius 1 is 1.25 bits per heavy atom. The third kappa shape index (κ3) is 2.54. The van der Waals surface area contributed by atoms with Crippen LogP contribution in [0.15, 0.2) is 24.3 Å². The zero-order valence-corrected chi connectivity index (χ0v) is 9.78. The van der Waals surface area contributed by atoms with Gasteiger partial charge in [-0.2, -0.15) is 0 Å². The summed E-state index contributed by atoms with van der Waals surface area (Å²) in [5, 5.41) is 3.36. The van der Waals surface area contributed by atoms with Gasteiger partial charge in [-0.05, 0) is 49.5 Å². The molecule has 1 aromatic carbocycles. The van der Waals surface area contributed by atoms with Crippen LogP contribution in [0.2, 0.25) is 0 Å². The van der Waals surface area contributed by atoms with E-state index in [4.69, 9.17) is 10.5 Å². The van der Waals surface area contributed by atoms with Gasteiger partial charge in [0.05, 0.1) is 7.11 Å². The molecule has 16 heavy (non-hydrogen) atoms. The fraction of sp³-hybridized carbons (Fsp3) is 0.538. The normalized spacial score (nSPS) is 19.4. The van der Waals surface area contributed by atoms with Crippen LogP contribution in [0.4, 0.5) is 0 Å². The number of nitrogens with one attached hydrogen (secondary N) is 1. The highest BCUT2D eigenvalue weighted by Crippen LogP contribution is 2.27. The van der Waals surface area contributed by atoms with E-state index in [-0.39, 0.29) is 6.04 Å². The molecule has 1 fully saturated rings. The van der Waals surface area contributed by atoms with Crippen molar-refractivity contribution in [3.05, 3.63) is 29.8 Å². The highest BCUT2D eigenvalue weighted by atomic mass is 16.5. The number of benzene rings is 1. The first-order chi connectivity index (χ1) is 7.81. The molecule has 1 saturated heterocycles. The van der Waals surface area contributed by atoms with Crippen LogP contribution in [0.3, 0.4) is 0 Å². The highest BCUT2D eigenvalue weighted by Gasteiger charge is 2.21. The van der Waals surface area contributed by atoms with Crippen LogP contribution in [0.25, 0.3) is 0 Å². The van der Waals surface area contributed by atoms with E-state index in [0.29, 0.717) is 5.92 Å². The smallest absolute Gasteiger partial charge is 0.118 e. The molecule has 0 radical (unpaired) electrons. The molecule has 1 aliphatic rings. The van der Waals surface area contributed by atoms with Gasteiger partial charge in [0.15, 0.2) is 0 Å². The Kier molecular flexibility index (Phi) is 3.80. The quantitative estimate of drug-likeness (QED) is 0.815. The van der Waals surface area contributed by atoms with Gasteiger partial charge in [-0.25, -0.2) is 0 Å². The largest absolute Gasteiger partial charge is 0.497 e. The molecule has 1 aliphatic heterocycles. The molecule has 1 aromatic rings. The van der Waals surface area contributed by atoms with Crippen molar-refractivity contribution in [1.29, 1.82) is 0 Å². The molecule has 0 saturated carbocycles. The van der Waals surface area contributed by atoms with Crippen molar-refractivity contribution in [3.8, 4) is 5.75 Å². The number of hydrogen-bond donors (Lipinski definition) is 2. The van der Waals surface area contributed by atoms with Crippen LogP contribution in [-0.4, -0.2) is 20.2 Å². The summed E-state index contributed by atoms with van der Waals surface area (Å²) in [4.78, 5) is 0. The second-order valence-electron chi connectivity index (χ2n) is 4.39. The monoisotopic (exact) mass is 220 g/mol. The van der Waals surface area contributed by atoms with Crippen molar-refractivity contribution in [1.82, 2.24) is 5.32 Å². The van der Waals surface area contributed by atoms with E-state index in [1.165, 1.54) is 18.4 Å². The van der Waals surface area contributed by atoms with E-state index in [9.17, 15) is 0 Å². The van der Waals surface area contributed by atoms with Gasteiger partial charge in [-0.3, -0.25) is 0 Å². The molecule has 3 nitrogen and oxygen atoms in total. The summed E-state index contributed by atoms with van der Waals surface area (Å²) in [5.74, 6) is 1.50. The summed E-state index contributed by atoms with van der Waals surface area (Å²) < 4.78 is 5.14. The second kappa shape index (κ2) is 5.32. The van der Waals surface area contributed by atoms with Crippen LogP contribution in [0, 0.1) is 5.92 Å². The SMILES string of the molecule is COc1ccc(C(N)C2CCNCC2)cc1. The average molecular weight is 220 g/mol. The highest BCUT2D eigenvalue weighted by molar-refractivity contribution is 5.29. The Morgan fingerprint density at radius 2 is 1.88 bits per heavy atom. The Bertz CT molecular complexity index is 317. The first-order valence-corrected chi connectivity index (χ1v) is 5.91. The summed E-state index contributed by atoms with van der Waals surface area (Å²) in [7, 11) is 1.68. The lowest BCUT2D eigenvalue weighted by atomic mass is 9.86. The zero-order chi connectivity index (χ0) is 11.4. The topological polar surface area (TPSA) is 47.3 Å². The van der Waals surface area contributed by atoms with Gasteiger partial charge in [0.1, 0.15) is 5.75 Å². The summed E-state index contributed by atoms with van der Waals surface area (Å²) in [6.45, 7) is 2.18. The third-order valence-electron chi connectivity index (χ3n) is 3.39. The summed E-state index contributed by atoms with van der Waals surface area (Å²) >= 11 is 0. The molecule has 3 heteroatoms. The van der Waals surface area contributed by atoms with Crippen molar-refractivity contribution < 1.29 is 4.74 Å². The summed E-state index contributed by atoms with van der Waals surface area (Å²) in [5.41, 5.74) is 7.51. The number of methoxy groups -OCH3 is 1.